The summed E-state index contributed by atoms with van der Waals surface area (Å²) in [5.41, 5.74) is 11.0. The molecule has 0 aromatic heterocycles. The highest BCUT2D eigenvalue weighted by Gasteiger charge is 2.17. The highest BCUT2D eigenvalue weighted by atomic mass is 35.5. The lowest BCUT2D eigenvalue weighted by molar-refractivity contribution is 0.319. The first-order valence-electron chi connectivity index (χ1n) is 7.28. The van der Waals surface area contributed by atoms with Crippen LogP contribution in [0.25, 0.3) is 0 Å². The summed E-state index contributed by atoms with van der Waals surface area (Å²) in [4.78, 5) is 1.39. The van der Waals surface area contributed by atoms with Crippen LogP contribution in [-0.4, -0.2) is 26.3 Å². The van der Waals surface area contributed by atoms with Crippen LogP contribution in [0.1, 0.15) is 0 Å². The summed E-state index contributed by atoms with van der Waals surface area (Å²) < 4.78 is 11.3. The summed E-state index contributed by atoms with van der Waals surface area (Å²) in [6, 6.07) is 6.70. The number of hydrogen-bond acceptors (Lipinski definition) is 5. The minimum absolute atomic E-state index is 0.321. The Bertz CT molecular complexity index is 685. The Morgan fingerprint density at radius 2 is 1.12 bits per heavy atom. The summed E-state index contributed by atoms with van der Waals surface area (Å²) in [7, 11) is 0. The van der Waals surface area contributed by atoms with Gasteiger partial charge in [-0.15, -0.1) is 0 Å². The number of halogens is 4. The van der Waals surface area contributed by atoms with Crippen molar-refractivity contribution in [1.82, 2.24) is 0 Å². The molecule has 0 fully saturated rings. The van der Waals surface area contributed by atoms with Crippen molar-refractivity contribution in [2.24, 2.45) is 11.5 Å². The molecule has 2 rings (SSSR count). The van der Waals surface area contributed by atoms with Crippen molar-refractivity contribution >= 4 is 58.2 Å². The van der Waals surface area contributed by atoms with Gasteiger partial charge < -0.3 is 20.9 Å². The van der Waals surface area contributed by atoms with E-state index in [1.165, 1.54) is 11.8 Å². The van der Waals surface area contributed by atoms with E-state index in [1.807, 2.05) is 0 Å². The maximum absolute atomic E-state index is 6.26. The molecule has 0 aliphatic heterocycles. The average molecular weight is 442 g/mol. The Kier molecular flexibility index (Phi) is 8.29. The quantitative estimate of drug-likeness (QED) is 0.594. The number of benzene rings is 2. The van der Waals surface area contributed by atoms with Gasteiger partial charge in [-0.3, -0.25) is 0 Å². The summed E-state index contributed by atoms with van der Waals surface area (Å²) in [6.07, 6.45) is 0. The van der Waals surface area contributed by atoms with Gasteiger partial charge >= 0.3 is 0 Å². The van der Waals surface area contributed by atoms with Crippen LogP contribution in [0.5, 0.6) is 11.5 Å². The first kappa shape index (κ1) is 20.8. The molecular weight excluding hydrogens is 426 g/mol. The predicted octanol–water partition coefficient (Wildman–Crippen LogP) is 5.13. The molecule has 25 heavy (non-hydrogen) atoms. The molecule has 0 aliphatic carbocycles. The fourth-order valence-electron chi connectivity index (χ4n) is 1.95. The van der Waals surface area contributed by atoms with Crippen molar-refractivity contribution in [3.05, 3.63) is 44.4 Å². The molecule has 0 aliphatic rings. The summed E-state index contributed by atoms with van der Waals surface area (Å²) in [5, 5.41) is 1.73. The van der Waals surface area contributed by atoms with E-state index < -0.39 is 0 Å². The fraction of sp³-hybridized carbons (Fsp3) is 0.250. The van der Waals surface area contributed by atoms with Crippen molar-refractivity contribution in [3.63, 3.8) is 0 Å². The van der Waals surface area contributed by atoms with Gasteiger partial charge in [-0.25, -0.2) is 0 Å². The zero-order valence-corrected chi connectivity index (χ0v) is 16.9. The maximum atomic E-state index is 6.26. The van der Waals surface area contributed by atoms with Gasteiger partial charge in [0.05, 0.1) is 19.8 Å². The normalized spacial score (nSPS) is 10.8. The van der Waals surface area contributed by atoms with E-state index in [2.05, 4.69) is 0 Å². The van der Waals surface area contributed by atoms with Crippen LogP contribution < -0.4 is 20.9 Å². The largest absolute Gasteiger partial charge is 0.490 e. The molecule has 0 radical (unpaired) electrons. The highest BCUT2D eigenvalue weighted by molar-refractivity contribution is 7.99. The molecule has 0 amide bonds. The fourth-order valence-corrected chi connectivity index (χ4v) is 4.41. The molecule has 0 unspecified atom stereocenters. The number of rotatable bonds is 8. The molecule has 136 valence electrons. The van der Waals surface area contributed by atoms with Gasteiger partial charge in [-0.2, -0.15) is 0 Å². The van der Waals surface area contributed by atoms with Crippen molar-refractivity contribution in [3.8, 4) is 11.5 Å². The second-order valence-corrected chi connectivity index (χ2v) is 7.58. The Hall–Kier alpha value is -0.530. The van der Waals surface area contributed by atoms with Gasteiger partial charge in [0, 0.05) is 23.1 Å². The van der Waals surface area contributed by atoms with Gasteiger partial charge in [-0.1, -0.05) is 58.2 Å². The summed E-state index contributed by atoms with van der Waals surface area (Å²) in [6.45, 7) is 1.36. The number of hydrogen-bond donors (Lipinski definition) is 2. The minimum atomic E-state index is 0.321. The smallest absolute Gasteiger partial charge is 0.151 e. The first-order valence-corrected chi connectivity index (χ1v) is 9.60. The lowest BCUT2D eigenvalue weighted by Gasteiger charge is -2.16. The van der Waals surface area contributed by atoms with Crippen LogP contribution in [-0.2, 0) is 0 Å². The van der Waals surface area contributed by atoms with Crippen LogP contribution in [0, 0.1) is 0 Å². The monoisotopic (exact) mass is 440 g/mol. The van der Waals surface area contributed by atoms with Crippen LogP contribution in [0.4, 0.5) is 0 Å². The molecular formula is C16H16Cl4N2O2S. The molecule has 4 N–H and O–H groups in total. The molecule has 0 heterocycles. The lowest BCUT2D eigenvalue weighted by Crippen LogP contribution is -2.11. The van der Waals surface area contributed by atoms with Crippen molar-refractivity contribution in [2.45, 2.75) is 9.79 Å². The molecule has 0 atom stereocenters. The second-order valence-electron chi connectivity index (χ2n) is 4.81. The van der Waals surface area contributed by atoms with Crippen LogP contribution in [0.3, 0.4) is 0 Å². The molecule has 0 spiro atoms. The Labute approximate surface area is 170 Å². The maximum Gasteiger partial charge on any atom is 0.151 e. The van der Waals surface area contributed by atoms with Gasteiger partial charge in [0.15, 0.2) is 11.5 Å². The molecule has 0 saturated heterocycles. The molecule has 4 nitrogen and oxygen atoms in total. The lowest BCUT2D eigenvalue weighted by atomic mass is 10.3. The minimum Gasteiger partial charge on any atom is -0.490 e. The van der Waals surface area contributed by atoms with Crippen LogP contribution in [0.15, 0.2) is 34.1 Å². The average Bonchev–Trinajstić information content (AvgIpc) is 2.53. The van der Waals surface area contributed by atoms with Crippen LogP contribution in [0.2, 0.25) is 20.1 Å². The number of nitrogens with two attached hydrogens (primary N) is 2. The SMILES string of the molecule is NCCOc1c(Cl)cc(Cl)cc1Sc1cc(Cl)cc(Cl)c1OCCN. The van der Waals surface area contributed by atoms with Crippen molar-refractivity contribution < 1.29 is 9.47 Å². The Balaban J connectivity index is 2.45. The second kappa shape index (κ2) is 9.97. The zero-order valence-electron chi connectivity index (χ0n) is 13.0. The van der Waals surface area contributed by atoms with E-state index >= 15 is 0 Å². The van der Waals surface area contributed by atoms with E-state index in [0.29, 0.717) is 67.7 Å². The molecule has 2 aromatic carbocycles. The third kappa shape index (κ3) is 5.73. The Morgan fingerprint density at radius 3 is 1.48 bits per heavy atom. The van der Waals surface area contributed by atoms with Crippen LogP contribution >= 0.6 is 58.2 Å². The van der Waals surface area contributed by atoms with Crippen molar-refractivity contribution in [2.75, 3.05) is 26.3 Å². The molecule has 0 bridgehead atoms. The van der Waals surface area contributed by atoms with E-state index in [4.69, 9.17) is 67.3 Å². The molecule has 0 saturated carbocycles. The van der Waals surface area contributed by atoms with Gasteiger partial charge in [0.25, 0.3) is 0 Å². The molecule has 2 aromatic rings. The first-order chi connectivity index (χ1) is 12.0. The number of ether oxygens (including phenoxy) is 2. The van der Waals surface area contributed by atoms with Crippen molar-refractivity contribution in [1.29, 1.82) is 0 Å². The zero-order chi connectivity index (χ0) is 18.4. The van der Waals surface area contributed by atoms with E-state index in [1.54, 1.807) is 24.3 Å². The topological polar surface area (TPSA) is 70.5 Å². The van der Waals surface area contributed by atoms with Gasteiger partial charge in [-0.05, 0) is 24.3 Å². The molecule has 9 heteroatoms. The highest BCUT2D eigenvalue weighted by Crippen LogP contribution is 2.47. The van der Waals surface area contributed by atoms with Gasteiger partial charge in [0.2, 0.25) is 0 Å². The van der Waals surface area contributed by atoms with E-state index in [9.17, 15) is 0 Å². The third-order valence-electron chi connectivity index (χ3n) is 2.90. The predicted molar refractivity (Wildman–Crippen MR) is 106 cm³/mol. The van der Waals surface area contributed by atoms with Gasteiger partial charge in [0.1, 0.15) is 13.2 Å². The standard InChI is InChI=1S/C16H16Cl4N2O2S/c17-9-5-11(19)15(23-3-1-21)13(7-9)25-14-8-10(18)6-12(20)16(14)24-4-2-22/h5-8H,1-4,21-22H2. The van der Waals surface area contributed by atoms with E-state index in [-0.39, 0.29) is 0 Å². The van der Waals surface area contributed by atoms with E-state index in [0.717, 1.165) is 0 Å². The Morgan fingerprint density at radius 1 is 0.720 bits per heavy atom. The summed E-state index contributed by atoms with van der Waals surface area (Å²) in [5.74, 6) is 0.977. The third-order valence-corrected chi connectivity index (χ3v) is 4.94. The summed E-state index contributed by atoms with van der Waals surface area (Å²) >= 11 is 26.1.